The summed E-state index contributed by atoms with van der Waals surface area (Å²) in [7, 11) is 0. The maximum atomic E-state index is 12.8. The number of amides is 1. The second-order valence-corrected chi connectivity index (χ2v) is 12.9. The highest BCUT2D eigenvalue weighted by molar-refractivity contribution is 7.98. The van der Waals surface area contributed by atoms with E-state index in [1.54, 1.807) is 11.8 Å². The molecular formula is C32H39N5O4S. The molecule has 0 radical (unpaired) electrons. The number of carbonyl (C=O) groups is 1. The second kappa shape index (κ2) is 12.5. The van der Waals surface area contributed by atoms with Gasteiger partial charge in [0.05, 0.1) is 18.9 Å². The number of nitrogens with zero attached hydrogens (tertiary/aromatic N) is 5. The molecule has 3 aliphatic rings. The summed E-state index contributed by atoms with van der Waals surface area (Å²) in [6.45, 7) is 14.0. The molecule has 0 N–H and O–H groups in total. The van der Waals surface area contributed by atoms with Crippen molar-refractivity contribution < 1.29 is 19.0 Å². The van der Waals surface area contributed by atoms with Gasteiger partial charge in [0.1, 0.15) is 5.82 Å². The van der Waals surface area contributed by atoms with Crippen LogP contribution in [0.1, 0.15) is 48.0 Å². The van der Waals surface area contributed by atoms with Gasteiger partial charge in [0.2, 0.25) is 6.79 Å². The molecule has 0 unspecified atom stereocenters. The Balaban J connectivity index is 1.08. The van der Waals surface area contributed by atoms with Gasteiger partial charge >= 0.3 is 0 Å². The lowest BCUT2D eigenvalue weighted by molar-refractivity contribution is 0.0303. The van der Waals surface area contributed by atoms with Crippen molar-refractivity contribution in [3.63, 3.8) is 0 Å². The maximum absolute atomic E-state index is 12.8. The SMILES string of the molecule is CC(C)(C)c1cc(N2CCN(Cc3ccc4c(c3)OCO4)CC2)nc(SCc2ccc(C(=O)N3CCOCC3)cc2)n1. The normalized spacial score (nSPS) is 17.5. The fourth-order valence-electron chi connectivity index (χ4n) is 5.30. The summed E-state index contributed by atoms with van der Waals surface area (Å²) in [4.78, 5) is 29.4. The average Bonchev–Trinajstić information content (AvgIpc) is 3.48. The Labute approximate surface area is 252 Å². The van der Waals surface area contributed by atoms with Crippen molar-refractivity contribution in [3.8, 4) is 11.5 Å². The molecule has 222 valence electrons. The average molecular weight is 590 g/mol. The third kappa shape index (κ3) is 6.82. The van der Waals surface area contributed by atoms with Gasteiger partial charge in [-0.25, -0.2) is 9.97 Å². The topological polar surface area (TPSA) is 80.3 Å². The number of morpholine rings is 1. The first-order chi connectivity index (χ1) is 20.3. The third-order valence-electron chi connectivity index (χ3n) is 7.87. The predicted octanol–water partition coefficient (Wildman–Crippen LogP) is 4.59. The molecule has 4 heterocycles. The van der Waals surface area contributed by atoms with Crippen LogP contribution in [0.2, 0.25) is 0 Å². The predicted molar refractivity (Wildman–Crippen MR) is 164 cm³/mol. The summed E-state index contributed by atoms with van der Waals surface area (Å²) in [5, 5.41) is 0.786. The quantitative estimate of drug-likeness (QED) is 0.290. The minimum atomic E-state index is -0.0876. The number of hydrogen-bond donors (Lipinski definition) is 0. The molecule has 0 aliphatic carbocycles. The summed E-state index contributed by atoms with van der Waals surface area (Å²) < 4.78 is 16.4. The Morgan fingerprint density at radius 3 is 2.31 bits per heavy atom. The van der Waals surface area contributed by atoms with Gasteiger partial charge in [-0.2, -0.15) is 0 Å². The Hall–Kier alpha value is -3.34. The highest BCUT2D eigenvalue weighted by atomic mass is 32.2. The summed E-state index contributed by atoms with van der Waals surface area (Å²) in [5.74, 6) is 3.46. The van der Waals surface area contributed by atoms with Crippen LogP contribution >= 0.6 is 11.8 Å². The number of piperazine rings is 1. The first-order valence-corrected chi connectivity index (χ1v) is 15.6. The van der Waals surface area contributed by atoms with Crippen molar-refractivity contribution in [1.29, 1.82) is 0 Å². The van der Waals surface area contributed by atoms with E-state index in [1.165, 1.54) is 5.56 Å². The van der Waals surface area contributed by atoms with Crippen LogP contribution in [0.4, 0.5) is 5.82 Å². The van der Waals surface area contributed by atoms with E-state index in [2.05, 4.69) is 48.8 Å². The van der Waals surface area contributed by atoms with Crippen LogP contribution < -0.4 is 14.4 Å². The smallest absolute Gasteiger partial charge is 0.254 e. The van der Waals surface area contributed by atoms with Crippen molar-refractivity contribution in [3.05, 3.63) is 70.9 Å². The van der Waals surface area contributed by atoms with Crippen LogP contribution in [0, 0.1) is 0 Å². The Bertz CT molecular complexity index is 1400. The lowest BCUT2D eigenvalue weighted by Gasteiger charge is -2.36. The monoisotopic (exact) mass is 589 g/mol. The zero-order valence-electron chi connectivity index (χ0n) is 24.7. The highest BCUT2D eigenvalue weighted by Gasteiger charge is 2.24. The number of aromatic nitrogens is 2. The van der Waals surface area contributed by atoms with Crippen LogP contribution in [-0.2, 0) is 22.4 Å². The maximum Gasteiger partial charge on any atom is 0.254 e. The highest BCUT2D eigenvalue weighted by Crippen LogP contribution is 2.33. The van der Waals surface area contributed by atoms with Gasteiger partial charge in [-0.05, 0) is 35.4 Å². The number of carbonyl (C=O) groups excluding carboxylic acids is 1. The third-order valence-corrected chi connectivity index (χ3v) is 8.79. The molecule has 0 spiro atoms. The largest absolute Gasteiger partial charge is 0.454 e. The molecule has 1 aromatic heterocycles. The molecule has 42 heavy (non-hydrogen) atoms. The minimum Gasteiger partial charge on any atom is -0.454 e. The van der Waals surface area contributed by atoms with Gasteiger partial charge in [0.15, 0.2) is 16.7 Å². The van der Waals surface area contributed by atoms with E-state index in [4.69, 9.17) is 24.2 Å². The van der Waals surface area contributed by atoms with Gasteiger partial charge in [0, 0.05) is 68.6 Å². The van der Waals surface area contributed by atoms with Crippen molar-refractivity contribution >= 4 is 23.5 Å². The lowest BCUT2D eigenvalue weighted by atomic mass is 9.92. The Kier molecular flexibility index (Phi) is 8.55. The fraction of sp³-hybridized carbons (Fsp3) is 0.469. The van der Waals surface area contributed by atoms with Gasteiger partial charge in [-0.1, -0.05) is 50.7 Å². The molecule has 3 aliphatic heterocycles. The van der Waals surface area contributed by atoms with Crippen molar-refractivity contribution in [2.75, 3.05) is 64.2 Å². The number of ether oxygens (including phenoxy) is 3. The van der Waals surface area contributed by atoms with E-state index in [1.807, 2.05) is 35.2 Å². The standard InChI is InChI=1S/C32H39N5O4S/c1-32(2,3)28-19-29(36-12-10-35(11-13-36)20-24-6-9-26-27(18-24)41-22-40-26)34-31(33-28)42-21-23-4-7-25(8-5-23)30(38)37-14-16-39-17-15-37/h4-9,18-19H,10-17,20-22H2,1-3H3. The first kappa shape index (κ1) is 28.8. The summed E-state index contributed by atoms with van der Waals surface area (Å²) in [6.07, 6.45) is 0. The number of benzene rings is 2. The zero-order valence-corrected chi connectivity index (χ0v) is 25.5. The van der Waals surface area contributed by atoms with E-state index in [0.29, 0.717) is 33.1 Å². The van der Waals surface area contributed by atoms with E-state index < -0.39 is 0 Å². The van der Waals surface area contributed by atoms with E-state index in [-0.39, 0.29) is 11.3 Å². The number of hydrogen-bond acceptors (Lipinski definition) is 9. The number of thioether (sulfide) groups is 1. The number of anilines is 1. The molecule has 3 aromatic rings. The van der Waals surface area contributed by atoms with Gasteiger partial charge in [-0.3, -0.25) is 9.69 Å². The molecule has 2 fully saturated rings. The molecule has 0 atom stereocenters. The van der Waals surface area contributed by atoms with Gasteiger partial charge in [0.25, 0.3) is 5.91 Å². The molecule has 0 saturated carbocycles. The summed E-state index contributed by atoms with van der Waals surface area (Å²) in [5.41, 5.74) is 4.06. The lowest BCUT2D eigenvalue weighted by Crippen LogP contribution is -2.46. The van der Waals surface area contributed by atoms with E-state index >= 15 is 0 Å². The molecule has 10 heteroatoms. The number of rotatable bonds is 7. The molecular weight excluding hydrogens is 550 g/mol. The minimum absolute atomic E-state index is 0.0688. The van der Waals surface area contributed by atoms with Gasteiger partial charge < -0.3 is 24.0 Å². The molecule has 6 rings (SSSR count). The van der Waals surface area contributed by atoms with Gasteiger partial charge in [-0.15, -0.1) is 0 Å². The van der Waals surface area contributed by atoms with E-state index in [9.17, 15) is 4.79 Å². The molecule has 0 bridgehead atoms. The summed E-state index contributed by atoms with van der Waals surface area (Å²) >= 11 is 1.64. The summed E-state index contributed by atoms with van der Waals surface area (Å²) in [6, 6.07) is 16.3. The molecule has 2 saturated heterocycles. The Morgan fingerprint density at radius 2 is 1.57 bits per heavy atom. The molecule has 1 amide bonds. The van der Waals surface area contributed by atoms with Crippen molar-refractivity contribution in [2.24, 2.45) is 0 Å². The van der Waals surface area contributed by atoms with Crippen molar-refractivity contribution in [1.82, 2.24) is 19.8 Å². The van der Waals surface area contributed by atoms with Crippen LogP contribution in [-0.4, -0.2) is 85.0 Å². The molecule has 2 aromatic carbocycles. The number of fused-ring (bicyclic) bond motifs is 1. The molecule has 9 nitrogen and oxygen atoms in total. The van der Waals surface area contributed by atoms with Crippen LogP contribution in [0.3, 0.4) is 0 Å². The Morgan fingerprint density at radius 1 is 0.857 bits per heavy atom. The fourth-order valence-corrected chi connectivity index (χ4v) is 6.11. The van der Waals surface area contributed by atoms with Crippen LogP contribution in [0.25, 0.3) is 0 Å². The van der Waals surface area contributed by atoms with Crippen LogP contribution in [0.5, 0.6) is 11.5 Å². The first-order valence-electron chi connectivity index (χ1n) is 14.7. The van der Waals surface area contributed by atoms with Crippen LogP contribution in [0.15, 0.2) is 53.7 Å². The van der Waals surface area contributed by atoms with E-state index in [0.717, 1.165) is 77.8 Å². The van der Waals surface area contributed by atoms with Crippen molar-refractivity contribution in [2.45, 2.75) is 43.6 Å². The zero-order chi connectivity index (χ0) is 29.1. The second-order valence-electron chi connectivity index (χ2n) is 12.0.